The van der Waals surface area contributed by atoms with Crippen LogP contribution in [0, 0.1) is 13.8 Å². The first-order valence-electron chi connectivity index (χ1n) is 10.4. The summed E-state index contributed by atoms with van der Waals surface area (Å²) in [5.41, 5.74) is 3.40. The van der Waals surface area contributed by atoms with Gasteiger partial charge in [0.1, 0.15) is 17.9 Å². The molecule has 3 aromatic carbocycles. The lowest BCUT2D eigenvalue weighted by molar-refractivity contribution is -0.122. The number of aryl methyl sites for hydroxylation is 2. The van der Waals surface area contributed by atoms with E-state index in [-0.39, 0.29) is 5.57 Å². The van der Waals surface area contributed by atoms with E-state index in [0.717, 1.165) is 21.6 Å². The maximum Gasteiger partial charge on any atom is 0.335 e. The van der Waals surface area contributed by atoms with E-state index in [9.17, 15) is 14.4 Å². The van der Waals surface area contributed by atoms with Gasteiger partial charge in [0.05, 0.1) is 15.7 Å². The van der Waals surface area contributed by atoms with Crippen LogP contribution in [0.15, 0.2) is 66.2 Å². The van der Waals surface area contributed by atoms with Gasteiger partial charge < -0.3 is 4.74 Å². The average molecular weight is 495 g/mol. The number of ether oxygens (including phenoxy) is 1. The largest absolute Gasteiger partial charge is 0.489 e. The van der Waals surface area contributed by atoms with E-state index in [1.807, 2.05) is 25.1 Å². The summed E-state index contributed by atoms with van der Waals surface area (Å²) in [7, 11) is 0. The van der Waals surface area contributed by atoms with Gasteiger partial charge in [-0.2, -0.15) is 0 Å². The highest BCUT2D eigenvalue weighted by atomic mass is 35.5. The Hall–Kier alpha value is -3.61. The van der Waals surface area contributed by atoms with E-state index in [1.165, 1.54) is 6.08 Å². The Labute approximate surface area is 206 Å². The SMILES string of the molecule is Cc1ccc(C)c(N2C(=O)NC(=O)C(=Cc3ccc(OCc4ccc(Cl)c(Cl)c4)cc3)C2=O)c1. The Balaban J connectivity index is 1.53. The van der Waals surface area contributed by atoms with Crippen LogP contribution in [0.3, 0.4) is 0 Å². The van der Waals surface area contributed by atoms with Crippen molar-refractivity contribution in [2.45, 2.75) is 20.5 Å². The number of rotatable bonds is 5. The van der Waals surface area contributed by atoms with Gasteiger partial charge >= 0.3 is 6.03 Å². The highest BCUT2D eigenvalue weighted by Gasteiger charge is 2.37. The van der Waals surface area contributed by atoms with Crippen LogP contribution in [0.4, 0.5) is 10.5 Å². The molecule has 1 saturated heterocycles. The number of amides is 4. The third-order valence-electron chi connectivity index (χ3n) is 5.29. The number of urea groups is 1. The van der Waals surface area contributed by atoms with Crippen LogP contribution < -0.4 is 15.0 Å². The second kappa shape index (κ2) is 9.71. The zero-order chi connectivity index (χ0) is 24.4. The molecule has 0 spiro atoms. The molecule has 8 heteroatoms. The van der Waals surface area contributed by atoms with Gasteiger partial charge in [-0.3, -0.25) is 14.9 Å². The standard InChI is InChI=1S/C26H20Cl2N2O4/c1-15-3-4-16(2)23(11-15)30-25(32)20(24(31)29-26(30)33)12-17-5-8-19(9-6-17)34-14-18-7-10-21(27)22(28)13-18/h3-13H,14H2,1-2H3,(H,29,31,33). The summed E-state index contributed by atoms with van der Waals surface area (Å²) < 4.78 is 5.77. The molecule has 0 saturated carbocycles. The van der Waals surface area contributed by atoms with Crippen molar-refractivity contribution in [3.8, 4) is 5.75 Å². The molecule has 1 N–H and O–H groups in total. The predicted molar refractivity (Wildman–Crippen MR) is 132 cm³/mol. The minimum Gasteiger partial charge on any atom is -0.489 e. The Kier molecular flexibility index (Phi) is 6.72. The van der Waals surface area contributed by atoms with Gasteiger partial charge in [-0.05, 0) is 72.5 Å². The molecule has 34 heavy (non-hydrogen) atoms. The second-order valence-electron chi connectivity index (χ2n) is 7.85. The van der Waals surface area contributed by atoms with Crippen molar-refractivity contribution >= 4 is 52.8 Å². The number of hydrogen-bond acceptors (Lipinski definition) is 4. The topological polar surface area (TPSA) is 75.7 Å². The van der Waals surface area contributed by atoms with Gasteiger partial charge in [0.2, 0.25) is 0 Å². The first-order chi connectivity index (χ1) is 16.2. The molecule has 0 unspecified atom stereocenters. The van der Waals surface area contributed by atoms with Gasteiger partial charge in [0.15, 0.2) is 0 Å². The summed E-state index contributed by atoms with van der Waals surface area (Å²) in [6.07, 6.45) is 1.45. The molecule has 1 aliphatic rings. The van der Waals surface area contributed by atoms with Gasteiger partial charge in [0, 0.05) is 0 Å². The molecule has 0 atom stereocenters. The molecule has 4 rings (SSSR count). The lowest BCUT2D eigenvalue weighted by Crippen LogP contribution is -2.54. The number of hydrogen-bond donors (Lipinski definition) is 1. The maximum absolute atomic E-state index is 13.1. The van der Waals surface area contributed by atoms with Gasteiger partial charge in [0.25, 0.3) is 11.8 Å². The monoisotopic (exact) mass is 494 g/mol. The van der Waals surface area contributed by atoms with E-state index >= 15 is 0 Å². The van der Waals surface area contributed by atoms with Crippen LogP contribution in [0.1, 0.15) is 22.3 Å². The molecular weight excluding hydrogens is 475 g/mol. The van der Waals surface area contributed by atoms with Gasteiger partial charge in [-0.15, -0.1) is 0 Å². The van der Waals surface area contributed by atoms with Crippen LogP contribution in [0.25, 0.3) is 6.08 Å². The molecule has 4 amide bonds. The minimum absolute atomic E-state index is 0.134. The number of barbiturate groups is 1. The quantitative estimate of drug-likeness (QED) is 0.356. The van der Waals surface area contributed by atoms with E-state index in [0.29, 0.717) is 33.7 Å². The molecule has 172 valence electrons. The highest BCUT2D eigenvalue weighted by molar-refractivity contribution is 6.42. The normalized spacial score (nSPS) is 15.0. The van der Waals surface area contributed by atoms with Crippen LogP contribution in [-0.4, -0.2) is 17.8 Å². The summed E-state index contributed by atoms with van der Waals surface area (Å²) >= 11 is 12.0. The van der Waals surface area contributed by atoms with Crippen molar-refractivity contribution in [3.63, 3.8) is 0 Å². The fraction of sp³-hybridized carbons (Fsp3) is 0.115. The van der Waals surface area contributed by atoms with Crippen molar-refractivity contribution in [1.82, 2.24) is 5.32 Å². The van der Waals surface area contributed by atoms with E-state index < -0.39 is 17.8 Å². The number of anilines is 1. The van der Waals surface area contributed by atoms with Crippen LogP contribution in [-0.2, 0) is 16.2 Å². The third kappa shape index (κ3) is 4.98. The van der Waals surface area contributed by atoms with E-state index in [1.54, 1.807) is 49.4 Å². The summed E-state index contributed by atoms with van der Waals surface area (Å²) in [5.74, 6) is -0.821. The second-order valence-corrected chi connectivity index (χ2v) is 8.67. The van der Waals surface area contributed by atoms with Crippen LogP contribution >= 0.6 is 23.2 Å². The average Bonchev–Trinajstić information content (AvgIpc) is 2.80. The van der Waals surface area contributed by atoms with E-state index in [4.69, 9.17) is 27.9 Å². The smallest absolute Gasteiger partial charge is 0.335 e. The number of carbonyl (C=O) groups excluding carboxylic acids is 3. The predicted octanol–water partition coefficient (Wildman–Crippen LogP) is 5.86. The molecule has 1 heterocycles. The van der Waals surface area contributed by atoms with Crippen molar-refractivity contribution < 1.29 is 19.1 Å². The van der Waals surface area contributed by atoms with Crippen LogP contribution in [0.2, 0.25) is 10.0 Å². The Bertz CT molecular complexity index is 1330. The molecule has 0 aromatic heterocycles. The molecular formula is C26H20Cl2N2O4. The molecule has 3 aromatic rings. The van der Waals surface area contributed by atoms with Crippen molar-refractivity contribution in [2.75, 3.05) is 4.90 Å². The zero-order valence-corrected chi connectivity index (χ0v) is 19.9. The number of halogens is 2. The number of nitrogens with one attached hydrogen (secondary N) is 1. The summed E-state index contributed by atoms with van der Waals surface area (Å²) in [4.78, 5) is 39.0. The lowest BCUT2D eigenvalue weighted by Gasteiger charge is -2.27. The molecule has 6 nitrogen and oxygen atoms in total. The fourth-order valence-corrected chi connectivity index (χ4v) is 3.78. The zero-order valence-electron chi connectivity index (χ0n) is 18.4. The molecule has 1 aliphatic heterocycles. The summed E-state index contributed by atoms with van der Waals surface area (Å²) in [5, 5.41) is 3.17. The fourth-order valence-electron chi connectivity index (χ4n) is 3.46. The molecule has 0 bridgehead atoms. The van der Waals surface area contributed by atoms with Crippen molar-refractivity contribution in [1.29, 1.82) is 0 Å². The van der Waals surface area contributed by atoms with Crippen LogP contribution in [0.5, 0.6) is 5.75 Å². The first-order valence-corrected chi connectivity index (χ1v) is 11.1. The highest BCUT2D eigenvalue weighted by Crippen LogP contribution is 2.27. The lowest BCUT2D eigenvalue weighted by atomic mass is 10.0. The number of nitrogens with zero attached hydrogens (tertiary/aromatic N) is 1. The number of imide groups is 2. The van der Waals surface area contributed by atoms with Gasteiger partial charge in [-0.25, -0.2) is 9.69 Å². The summed E-state index contributed by atoms with van der Waals surface area (Å²) in [6.45, 7) is 3.96. The third-order valence-corrected chi connectivity index (χ3v) is 6.03. The number of carbonyl (C=O) groups is 3. The first kappa shape index (κ1) is 23.5. The van der Waals surface area contributed by atoms with Gasteiger partial charge in [-0.1, -0.05) is 53.5 Å². The number of benzene rings is 3. The molecule has 0 radical (unpaired) electrons. The minimum atomic E-state index is -0.771. The van der Waals surface area contributed by atoms with E-state index in [2.05, 4.69) is 5.32 Å². The summed E-state index contributed by atoms with van der Waals surface area (Å²) in [6, 6.07) is 16.8. The molecule has 0 aliphatic carbocycles. The van der Waals surface area contributed by atoms with Crippen molar-refractivity contribution in [3.05, 3.63) is 98.5 Å². The Morgan fingerprint density at radius 1 is 0.912 bits per heavy atom. The van der Waals surface area contributed by atoms with Crippen molar-refractivity contribution in [2.24, 2.45) is 0 Å². The Morgan fingerprint density at radius 3 is 2.35 bits per heavy atom. The molecule has 1 fully saturated rings. The Morgan fingerprint density at radius 2 is 1.65 bits per heavy atom. The maximum atomic E-state index is 13.1.